The van der Waals surface area contributed by atoms with Gasteiger partial charge < -0.3 is 14.6 Å². The van der Waals surface area contributed by atoms with Gasteiger partial charge in [-0.1, -0.05) is 0 Å². The van der Waals surface area contributed by atoms with Crippen LogP contribution in [0.1, 0.15) is 31.7 Å². The third-order valence-electron chi connectivity index (χ3n) is 5.07. The fraction of sp³-hybridized carbons (Fsp3) is 0.778. The highest BCUT2D eigenvalue weighted by molar-refractivity contribution is 5.73. The Labute approximate surface area is 162 Å². The second kappa shape index (κ2) is 9.71. The van der Waals surface area contributed by atoms with E-state index in [9.17, 15) is 13.2 Å². The van der Waals surface area contributed by atoms with Crippen LogP contribution < -0.4 is 0 Å². The van der Waals surface area contributed by atoms with E-state index in [0.29, 0.717) is 6.10 Å². The van der Waals surface area contributed by atoms with Crippen molar-refractivity contribution < 1.29 is 32.5 Å². The first kappa shape index (κ1) is 22.6. The third kappa shape index (κ3) is 6.18. The molecule has 7 nitrogen and oxygen atoms in total. The summed E-state index contributed by atoms with van der Waals surface area (Å²) in [5.41, 5.74) is 1.48. The Balaban J connectivity index is 0.000000345. The molecule has 2 aliphatic rings. The molecule has 0 amide bonds. The van der Waals surface area contributed by atoms with Gasteiger partial charge in [-0.3, -0.25) is 9.58 Å². The van der Waals surface area contributed by atoms with E-state index in [1.807, 2.05) is 17.9 Å². The average molecular weight is 407 g/mol. The van der Waals surface area contributed by atoms with Crippen LogP contribution in [0.3, 0.4) is 0 Å². The van der Waals surface area contributed by atoms with Crippen LogP contribution in [0.4, 0.5) is 13.2 Å². The van der Waals surface area contributed by atoms with Crippen molar-refractivity contribution in [3.8, 4) is 0 Å². The number of aromatic nitrogens is 2. The molecule has 3 rings (SSSR count). The third-order valence-corrected chi connectivity index (χ3v) is 5.07. The number of halogens is 3. The standard InChI is InChI=1S/C16H27N3O2.C2HF3O2/c1-3-20-13-16-6-4-8-21-15(16)5-7-19(12-16)11-14-9-17-18(2)10-14;3-2(4,5)1(6)7/h9-10,15H,3-8,11-13H2,1-2H3;(H,6,7). The van der Waals surface area contributed by atoms with Gasteiger partial charge in [0.1, 0.15) is 0 Å². The SMILES string of the molecule is CCOCC12CCCOC1CCN(Cc1cnn(C)c1)C2.O=C(O)C(F)(F)F. The van der Waals surface area contributed by atoms with Gasteiger partial charge in [-0.15, -0.1) is 0 Å². The van der Waals surface area contributed by atoms with E-state index >= 15 is 0 Å². The number of rotatable bonds is 5. The van der Waals surface area contributed by atoms with Gasteiger partial charge >= 0.3 is 12.1 Å². The highest BCUT2D eigenvalue weighted by atomic mass is 19.4. The Morgan fingerprint density at radius 2 is 2.21 bits per heavy atom. The molecule has 2 atom stereocenters. The van der Waals surface area contributed by atoms with Gasteiger partial charge in [0.15, 0.2) is 0 Å². The predicted molar refractivity (Wildman–Crippen MR) is 94.7 cm³/mol. The van der Waals surface area contributed by atoms with Gasteiger partial charge in [-0.25, -0.2) is 4.79 Å². The Morgan fingerprint density at radius 3 is 2.79 bits per heavy atom. The molecule has 10 heteroatoms. The van der Waals surface area contributed by atoms with E-state index in [1.165, 1.54) is 12.0 Å². The maximum absolute atomic E-state index is 10.6. The summed E-state index contributed by atoms with van der Waals surface area (Å²) in [5, 5.41) is 11.4. The smallest absolute Gasteiger partial charge is 0.475 e. The minimum absolute atomic E-state index is 0.189. The fourth-order valence-electron chi connectivity index (χ4n) is 3.84. The molecule has 0 bridgehead atoms. The lowest BCUT2D eigenvalue weighted by Crippen LogP contribution is -2.56. The second-order valence-electron chi connectivity index (χ2n) is 7.29. The van der Waals surface area contributed by atoms with E-state index in [-0.39, 0.29) is 5.41 Å². The first-order valence-electron chi connectivity index (χ1n) is 9.35. The maximum Gasteiger partial charge on any atom is 0.490 e. The van der Waals surface area contributed by atoms with Gasteiger partial charge in [0.25, 0.3) is 0 Å². The molecule has 2 unspecified atom stereocenters. The van der Waals surface area contributed by atoms with Crippen LogP contribution >= 0.6 is 0 Å². The van der Waals surface area contributed by atoms with Crippen molar-refractivity contribution in [2.45, 2.75) is 45.0 Å². The van der Waals surface area contributed by atoms with Crippen LogP contribution in [-0.4, -0.2) is 70.9 Å². The molecular weight excluding hydrogens is 379 g/mol. The number of aryl methyl sites for hydroxylation is 1. The first-order valence-corrected chi connectivity index (χ1v) is 9.35. The number of ether oxygens (including phenoxy) is 2. The van der Waals surface area contributed by atoms with Gasteiger partial charge in [0, 0.05) is 57.1 Å². The Morgan fingerprint density at radius 1 is 1.50 bits per heavy atom. The summed E-state index contributed by atoms with van der Waals surface area (Å²) in [7, 11) is 1.97. The number of carbonyl (C=O) groups is 1. The topological polar surface area (TPSA) is 76.8 Å². The zero-order valence-electron chi connectivity index (χ0n) is 16.2. The van der Waals surface area contributed by atoms with E-state index in [4.69, 9.17) is 19.4 Å². The minimum Gasteiger partial charge on any atom is -0.475 e. The van der Waals surface area contributed by atoms with Crippen molar-refractivity contribution in [1.29, 1.82) is 0 Å². The molecule has 3 heterocycles. The Hall–Kier alpha value is -1.65. The zero-order valence-corrected chi connectivity index (χ0v) is 16.2. The quantitative estimate of drug-likeness (QED) is 0.808. The molecule has 0 saturated carbocycles. The summed E-state index contributed by atoms with van der Waals surface area (Å²) in [4.78, 5) is 11.4. The molecule has 1 aromatic heterocycles. The molecular formula is C18H28F3N3O4. The molecule has 160 valence electrons. The lowest BCUT2D eigenvalue weighted by Gasteiger charge is -2.50. The minimum atomic E-state index is -5.08. The lowest BCUT2D eigenvalue weighted by molar-refractivity contribution is -0.192. The van der Waals surface area contributed by atoms with Gasteiger partial charge in [0.2, 0.25) is 0 Å². The Bertz CT molecular complexity index is 638. The molecule has 0 spiro atoms. The summed E-state index contributed by atoms with van der Waals surface area (Å²) in [6.07, 6.45) is 2.87. The molecule has 1 aromatic rings. The van der Waals surface area contributed by atoms with Gasteiger partial charge in [-0.05, 0) is 26.2 Å². The number of hydrogen-bond acceptors (Lipinski definition) is 5. The zero-order chi connectivity index (χ0) is 20.8. The van der Waals surface area contributed by atoms with Crippen LogP contribution in [-0.2, 0) is 27.9 Å². The average Bonchev–Trinajstić information content (AvgIpc) is 3.04. The van der Waals surface area contributed by atoms with Crippen molar-refractivity contribution in [3.05, 3.63) is 18.0 Å². The number of nitrogens with zero attached hydrogens (tertiary/aromatic N) is 3. The molecule has 0 aromatic carbocycles. The molecule has 1 N–H and O–H groups in total. The number of aliphatic carboxylic acids is 1. The van der Waals surface area contributed by atoms with Crippen molar-refractivity contribution in [2.75, 3.05) is 32.9 Å². The van der Waals surface area contributed by atoms with Crippen LogP contribution in [0.2, 0.25) is 0 Å². The lowest BCUT2D eigenvalue weighted by atomic mass is 9.73. The summed E-state index contributed by atoms with van der Waals surface area (Å²) >= 11 is 0. The van der Waals surface area contributed by atoms with E-state index < -0.39 is 12.1 Å². The normalized spacial score (nSPS) is 25.5. The number of piperidine rings is 1. The second-order valence-corrected chi connectivity index (χ2v) is 7.29. The highest BCUT2D eigenvalue weighted by Gasteiger charge is 2.46. The van der Waals surface area contributed by atoms with E-state index in [2.05, 4.69) is 23.1 Å². The number of carboxylic acid groups (broad SMARTS) is 1. The summed E-state index contributed by atoms with van der Waals surface area (Å²) < 4.78 is 45.5. The predicted octanol–water partition coefficient (Wildman–Crippen LogP) is 2.46. The highest BCUT2D eigenvalue weighted by Crippen LogP contribution is 2.40. The van der Waals surface area contributed by atoms with Crippen LogP contribution in [0.5, 0.6) is 0 Å². The van der Waals surface area contributed by atoms with Crippen molar-refractivity contribution in [1.82, 2.24) is 14.7 Å². The fourth-order valence-corrected chi connectivity index (χ4v) is 3.84. The van der Waals surface area contributed by atoms with Crippen molar-refractivity contribution >= 4 is 5.97 Å². The molecule has 2 aliphatic heterocycles. The number of fused-ring (bicyclic) bond motifs is 1. The number of likely N-dealkylation sites (tertiary alicyclic amines) is 1. The van der Waals surface area contributed by atoms with Crippen LogP contribution in [0.15, 0.2) is 12.4 Å². The van der Waals surface area contributed by atoms with Crippen LogP contribution in [0.25, 0.3) is 0 Å². The number of alkyl halides is 3. The summed E-state index contributed by atoms with van der Waals surface area (Å²) in [6, 6.07) is 0. The van der Waals surface area contributed by atoms with E-state index in [1.54, 1.807) is 0 Å². The van der Waals surface area contributed by atoms with Gasteiger partial charge in [0.05, 0.1) is 18.9 Å². The van der Waals surface area contributed by atoms with Crippen molar-refractivity contribution in [3.63, 3.8) is 0 Å². The Kier molecular flexibility index (Phi) is 7.85. The summed E-state index contributed by atoms with van der Waals surface area (Å²) in [5.74, 6) is -2.76. The van der Waals surface area contributed by atoms with Gasteiger partial charge in [-0.2, -0.15) is 18.3 Å². The monoisotopic (exact) mass is 407 g/mol. The van der Waals surface area contributed by atoms with Crippen LogP contribution in [0, 0.1) is 5.41 Å². The molecule has 2 fully saturated rings. The van der Waals surface area contributed by atoms with E-state index in [0.717, 1.165) is 52.3 Å². The maximum atomic E-state index is 10.6. The molecule has 0 radical (unpaired) electrons. The molecule has 28 heavy (non-hydrogen) atoms. The largest absolute Gasteiger partial charge is 0.490 e. The van der Waals surface area contributed by atoms with Crippen molar-refractivity contribution in [2.24, 2.45) is 12.5 Å². The molecule has 0 aliphatic carbocycles. The summed E-state index contributed by atoms with van der Waals surface area (Å²) in [6.45, 7) is 7.77. The number of hydrogen-bond donors (Lipinski definition) is 1. The number of carboxylic acids is 1. The first-order chi connectivity index (χ1) is 13.2. The molecule has 2 saturated heterocycles.